The van der Waals surface area contributed by atoms with Crippen molar-refractivity contribution in [3.8, 4) is 0 Å². The second-order valence-electron chi connectivity index (χ2n) is 22.1. The molecule has 0 radical (unpaired) electrons. The van der Waals surface area contributed by atoms with Crippen LogP contribution in [0.2, 0.25) is 0 Å². The predicted molar refractivity (Wildman–Crippen MR) is 319 cm³/mol. The third kappa shape index (κ3) is 58.9. The Morgan fingerprint density at radius 1 is 0.384 bits per heavy atom. The zero-order valence-electron chi connectivity index (χ0n) is 48.9. The van der Waals surface area contributed by atoms with Crippen molar-refractivity contribution in [3.63, 3.8) is 0 Å². The van der Waals surface area contributed by atoms with Crippen molar-refractivity contribution in [2.45, 2.75) is 353 Å². The molecule has 0 bridgehead atoms. The van der Waals surface area contributed by atoms with Gasteiger partial charge in [0.15, 0.2) is 0 Å². The number of rotatable bonds is 60. The summed E-state index contributed by atoms with van der Waals surface area (Å²) in [6.45, 7) is 4.89. The summed E-state index contributed by atoms with van der Waals surface area (Å²) in [6, 6.07) is -0.629. The summed E-state index contributed by atoms with van der Waals surface area (Å²) in [6.07, 6.45) is 80.2. The molecule has 0 fully saturated rings. The molecular weight excluding hydrogens is 899 g/mol. The van der Waals surface area contributed by atoms with Crippen LogP contribution in [0.1, 0.15) is 341 Å². The van der Waals surface area contributed by atoms with Gasteiger partial charge in [-0.05, 0) is 89.9 Å². The van der Waals surface area contributed by atoms with Crippen molar-refractivity contribution < 1.29 is 24.5 Å². The second kappa shape index (κ2) is 62.4. The SMILES string of the molecule is CCCCCC/C=C\CCCCCCCC(=O)OCCCCCCCCCCC/C=C\C/C=C\CCCCCCCCCCCCCCCC(=O)NC(CO)C(O)/C=C/CCCCCCCCCCCCCC. The highest BCUT2D eigenvalue weighted by atomic mass is 16.5. The zero-order chi connectivity index (χ0) is 52.9. The van der Waals surface area contributed by atoms with Crippen molar-refractivity contribution >= 4 is 11.9 Å². The fourth-order valence-electron chi connectivity index (χ4n) is 9.84. The van der Waals surface area contributed by atoms with Crippen LogP contribution in [0, 0.1) is 0 Å². The van der Waals surface area contributed by atoms with Crippen LogP contribution in [0.3, 0.4) is 0 Å². The van der Waals surface area contributed by atoms with Crippen LogP contribution >= 0.6 is 0 Å². The van der Waals surface area contributed by atoms with Crippen molar-refractivity contribution in [1.82, 2.24) is 5.32 Å². The lowest BCUT2D eigenvalue weighted by Gasteiger charge is -2.20. The van der Waals surface area contributed by atoms with E-state index >= 15 is 0 Å². The standard InChI is InChI=1S/C67H125NO5/c1-3-5-7-9-11-13-15-17-36-39-43-47-51-55-59-65(70)64(63-69)68-66(71)60-56-52-48-44-40-37-33-31-29-27-25-23-21-19-18-20-22-24-26-28-30-32-34-38-42-46-50-54-58-62-73-67(72)61-57-53-49-45-41-35-16-14-12-10-8-6-4-2/h14,16,18,20,24,26,55,59,64-65,69-70H,3-13,15,17,19,21-23,25,27-54,56-58,60-63H2,1-2H3,(H,68,71)/b16-14-,20-18-,26-24-,59-55+. The van der Waals surface area contributed by atoms with Gasteiger partial charge in [-0.3, -0.25) is 9.59 Å². The number of allylic oxidation sites excluding steroid dienone is 7. The number of aliphatic hydroxyl groups is 2. The number of hydrogen-bond donors (Lipinski definition) is 3. The van der Waals surface area contributed by atoms with Gasteiger partial charge in [0.25, 0.3) is 0 Å². The summed E-state index contributed by atoms with van der Waals surface area (Å²) >= 11 is 0. The quantitative estimate of drug-likeness (QED) is 0.0320. The van der Waals surface area contributed by atoms with Crippen LogP contribution in [0.15, 0.2) is 48.6 Å². The summed E-state index contributed by atoms with van der Waals surface area (Å²) < 4.78 is 5.47. The Morgan fingerprint density at radius 3 is 1.07 bits per heavy atom. The third-order valence-electron chi connectivity index (χ3n) is 14.8. The Kier molecular flexibility index (Phi) is 60.5. The Morgan fingerprint density at radius 2 is 0.685 bits per heavy atom. The maximum Gasteiger partial charge on any atom is 0.305 e. The maximum absolute atomic E-state index is 12.5. The van der Waals surface area contributed by atoms with Gasteiger partial charge in [-0.1, -0.05) is 287 Å². The van der Waals surface area contributed by atoms with E-state index in [4.69, 9.17) is 4.74 Å². The summed E-state index contributed by atoms with van der Waals surface area (Å²) in [4.78, 5) is 24.5. The molecule has 6 nitrogen and oxygen atoms in total. The molecule has 73 heavy (non-hydrogen) atoms. The number of carbonyl (C=O) groups is 2. The topological polar surface area (TPSA) is 95.9 Å². The molecule has 2 atom stereocenters. The Balaban J connectivity index is 3.43. The number of carbonyl (C=O) groups excluding carboxylic acids is 2. The average Bonchev–Trinajstić information content (AvgIpc) is 3.39. The first kappa shape index (κ1) is 70.8. The van der Waals surface area contributed by atoms with E-state index in [-0.39, 0.29) is 18.5 Å². The number of esters is 1. The molecule has 0 spiro atoms. The molecule has 0 aliphatic carbocycles. The normalized spacial score (nSPS) is 12.9. The van der Waals surface area contributed by atoms with Crippen LogP contribution in [0.25, 0.3) is 0 Å². The highest BCUT2D eigenvalue weighted by Crippen LogP contribution is 2.17. The van der Waals surface area contributed by atoms with E-state index in [0.29, 0.717) is 19.4 Å². The Labute approximate surface area is 455 Å². The number of aliphatic hydroxyl groups excluding tert-OH is 2. The minimum Gasteiger partial charge on any atom is -0.466 e. The molecule has 3 N–H and O–H groups in total. The second-order valence-corrected chi connectivity index (χ2v) is 22.1. The lowest BCUT2D eigenvalue weighted by atomic mass is 10.0. The van der Waals surface area contributed by atoms with E-state index in [2.05, 4.69) is 55.6 Å². The minimum absolute atomic E-state index is 0.00213. The van der Waals surface area contributed by atoms with Gasteiger partial charge < -0.3 is 20.3 Å². The predicted octanol–water partition coefficient (Wildman–Crippen LogP) is 20.5. The minimum atomic E-state index is -0.845. The van der Waals surface area contributed by atoms with Crippen LogP contribution in [0.4, 0.5) is 0 Å². The van der Waals surface area contributed by atoms with Gasteiger partial charge in [0.1, 0.15) is 0 Å². The number of nitrogens with one attached hydrogen (secondary N) is 1. The molecule has 1 amide bonds. The number of hydrogen-bond acceptors (Lipinski definition) is 5. The van der Waals surface area contributed by atoms with Gasteiger partial charge in [-0.2, -0.15) is 0 Å². The van der Waals surface area contributed by atoms with E-state index in [1.54, 1.807) is 6.08 Å². The van der Waals surface area contributed by atoms with E-state index in [1.165, 1.54) is 263 Å². The molecule has 0 rings (SSSR count). The lowest BCUT2D eigenvalue weighted by Crippen LogP contribution is -2.45. The maximum atomic E-state index is 12.5. The van der Waals surface area contributed by atoms with Gasteiger partial charge in [0.05, 0.1) is 25.4 Å². The first-order valence-electron chi connectivity index (χ1n) is 32.4. The molecular formula is C67H125NO5. The Hall–Kier alpha value is -2.18. The average molecular weight is 1020 g/mol. The summed E-state index contributed by atoms with van der Waals surface area (Å²) in [7, 11) is 0. The van der Waals surface area contributed by atoms with Gasteiger partial charge in [-0.15, -0.1) is 0 Å². The molecule has 0 aliphatic heterocycles. The van der Waals surface area contributed by atoms with Gasteiger partial charge in [-0.25, -0.2) is 0 Å². The molecule has 0 aliphatic rings. The van der Waals surface area contributed by atoms with Crippen molar-refractivity contribution in [1.29, 1.82) is 0 Å². The van der Waals surface area contributed by atoms with Gasteiger partial charge >= 0.3 is 5.97 Å². The smallest absolute Gasteiger partial charge is 0.305 e. The molecule has 0 aromatic rings. The molecule has 0 saturated heterocycles. The zero-order valence-corrected chi connectivity index (χ0v) is 48.9. The summed E-state index contributed by atoms with van der Waals surface area (Å²) in [5, 5.41) is 23.1. The third-order valence-corrected chi connectivity index (χ3v) is 14.8. The molecule has 428 valence electrons. The largest absolute Gasteiger partial charge is 0.466 e. The first-order valence-corrected chi connectivity index (χ1v) is 32.4. The molecule has 0 aromatic carbocycles. The van der Waals surface area contributed by atoms with E-state index in [0.717, 1.165) is 51.4 Å². The first-order chi connectivity index (χ1) is 36.0. The van der Waals surface area contributed by atoms with Crippen molar-refractivity contribution in [2.75, 3.05) is 13.2 Å². The number of unbranched alkanes of at least 4 members (excludes halogenated alkanes) is 43. The Bertz CT molecular complexity index is 1230. The summed E-state index contributed by atoms with van der Waals surface area (Å²) in [5.41, 5.74) is 0. The van der Waals surface area contributed by atoms with Crippen molar-refractivity contribution in [2.24, 2.45) is 0 Å². The highest BCUT2D eigenvalue weighted by Gasteiger charge is 2.18. The van der Waals surface area contributed by atoms with Crippen LogP contribution in [-0.2, 0) is 14.3 Å². The molecule has 0 saturated carbocycles. The van der Waals surface area contributed by atoms with Crippen LogP contribution in [0.5, 0.6) is 0 Å². The van der Waals surface area contributed by atoms with Gasteiger partial charge in [0, 0.05) is 12.8 Å². The fraction of sp³-hybridized carbons (Fsp3) is 0.851. The number of amides is 1. The molecule has 0 heterocycles. The fourth-order valence-corrected chi connectivity index (χ4v) is 9.84. The van der Waals surface area contributed by atoms with Crippen LogP contribution in [-0.4, -0.2) is 47.4 Å². The molecule has 6 heteroatoms. The number of ether oxygens (including phenoxy) is 1. The van der Waals surface area contributed by atoms with Crippen LogP contribution < -0.4 is 5.32 Å². The highest BCUT2D eigenvalue weighted by molar-refractivity contribution is 5.76. The van der Waals surface area contributed by atoms with E-state index in [9.17, 15) is 19.8 Å². The van der Waals surface area contributed by atoms with Crippen molar-refractivity contribution in [3.05, 3.63) is 48.6 Å². The summed E-state index contributed by atoms with van der Waals surface area (Å²) in [5.74, 6) is -0.0663. The van der Waals surface area contributed by atoms with E-state index < -0.39 is 12.1 Å². The van der Waals surface area contributed by atoms with Gasteiger partial charge in [0.2, 0.25) is 5.91 Å². The molecule has 0 aromatic heterocycles. The monoisotopic (exact) mass is 1020 g/mol. The lowest BCUT2D eigenvalue weighted by molar-refractivity contribution is -0.143. The van der Waals surface area contributed by atoms with E-state index in [1.807, 2.05) is 6.08 Å². The molecule has 2 unspecified atom stereocenters.